The fraction of sp³-hybridized carbons (Fsp3) is 0.243. The monoisotopic (exact) mass is 632 g/mol. The molecule has 0 radical (unpaired) electrons. The first-order valence-electron chi connectivity index (χ1n) is 15.6. The van der Waals surface area contributed by atoms with Crippen molar-refractivity contribution in [2.45, 2.75) is 32.0 Å². The first kappa shape index (κ1) is 29.9. The molecule has 1 atom stereocenters. The van der Waals surface area contributed by atoms with Crippen molar-refractivity contribution >= 4 is 35.2 Å². The van der Waals surface area contributed by atoms with Gasteiger partial charge >= 0.3 is 0 Å². The van der Waals surface area contributed by atoms with E-state index in [0.29, 0.717) is 42.2 Å². The number of imide groups is 1. The lowest BCUT2D eigenvalue weighted by Crippen LogP contribution is -2.52. The number of fused-ring (bicyclic) bond motifs is 1. The summed E-state index contributed by atoms with van der Waals surface area (Å²) in [5, 5.41) is 3.02. The Hall–Kier alpha value is -4.79. The molecule has 3 aliphatic rings. The van der Waals surface area contributed by atoms with E-state index in [1.165, 1.54) is 5.56 Å². The smallest absolute Gasteiger partial charge is 0.255 e. The molecule has 0 aliphatic carbocycles. The molecule has 1 unspecified atom stereocenters. The van der Waals surface area contributed by atoms with E-state index < -0.39 is 11.9 Å². The van der Waals surface area contributed by atoms with E-state index in [1.807, 2.05) is 71.6 Å². The number of hydrogen-bond donors (Lipinski definition) is 1. The van der Waals surface area contributed by atoms with Gasteiger partial charge in [-0.25, -0.2) is 0 Å². The highest BCUT2D eigenvalue weighted by atomic mass is 35.5. The van der Waals surface area contributed by atoms with Crippen molar-refractivity contribution in [3.05, 3.63) is 118 Å². The lowest BCUT2D eigenvalue weighted by atomic mass is 9.98. The van der Waals surface area contributed by atoms with Crippen LogP contribution in [0.1, 0.15) is 44.7 Å². The molecule has 46 heavy (non-hydrogen) atoms. The number of benzene rings is 4. The number of carbonyl (C=O) groups is 4. The van der Waals surface area contributed by atoms with Gasteiger partial charge in [0.2, 0.25) is 11.8 Å². The molecule has 3 aliphatic heterocycles. The van der Waals surface area contributed by atoms with E-state index in [1.54, 1.807) is 4.90 Å². The lowest BCUT2D eigenvalue weighted by Gasteiger charge is -2.35. The average molecular weight is 633 g/mol. The molecule has 4 aromatic rings. The first-order chi connectivity index (χ1) is 22.3. The topological polar surface area (TPSA) is 90.0 Å². The van der Waals surface area contributed by atoms with Gasteiger partial charge in [-0.15, -0.1) is 0 Å². The summed E-state index contributed by atoms with van der Waals surface area (Å²) in [6.07, 6.45) is 0.587. The van der Waals surface area contributed by atoms with Crippen LogP contribution >= 0.6 is 11.6 Å². The molecule has 0 spiro atoms. The SMILES string of the molecule is O=C1CCC(N2Cc3cc(-c4ccc(CN5CCN(C(=O)c6ccccc6-c6ccc(Cl)cc6)CC5)cc4)ccc3C2=O)C(=O)N1. The van der Waals surface area contributed by atoms with Crippen LogP contribution in [0.15, 0.2) is 91.0 Å². The summed E-state index contributed by atoms with van der Waals surface area (Å²) in [6, 6.07) is 28.9. The number of piperidine rings is 1. The third-order valence-corrected chi connectivity index (χ3v) is 9.44. The Morgan fingerprint density at radius 1 is 0.783 bits per heavy atom. The molecule has 3 heterocycles. The summed E-state index contributed by atoms with van der Waals surface area (Å²) in [5.41, 5.74) is 7.33. The molecule has 2 fully saturated rings. The number of rotatable bonds is 6. The van der Waals surface area contributed by atoms with Crippen molar-refractivity contribution in [2.24, 2.45) is 0 Å². The van der Waals surface area contributed by atoms with Gasteiger partial charge in [-0.1, -0.05) is 72.3 Å². The molecular weight excluding hydrogens is 600 g/mol. The maximum atomic E-state index is 13.5. The normalized spacial score (nSPS) is 18.5. The maximum Gasteiger partial charge on any atom is 0.255 e. The third-order valence-electron chi connectivity index (χ3n) is 9.19. The van der Waals surface area contributed by atoms with E-state index in [4.69, 9.17) is 11.6 Å². The van der Waals surface area contributed by atoms with Gasteiger partial charge in [0.15, 0.2) is 0 Å². The van der Waals surface area contributed by atoms with E-state index in [0.717, 1.165) is 47.5 Å². The Kier molecular flexibility index (Phi) is 8.15. The molecular formula is C37H33ClN4O4. The minimum Gasteiger partial charge on any atom is -0.336 e. The summed E-state index contributed by atoms with van der Waals surface area (Å²) in [6.45, 7) is 4.06. The number of amides is 4. The summed E-state index contributed by atoms with van der Waals surface area (Å²) in [4.78, 5) is 56.4. The molecule has 1 N–H and O–H groups in total. The largest absolute Gasteiger partial charge is 0.336 e. The zero-order valence-corrected chi connectivity index (χ0v) is 26.0. The second-order valence-corrected chi connectivity index (χ2v) is 12.5. The van der Waals surface area contributed by atoms with Gasteiger partial charge in [0.1, 0.15) is 6.04 Å². The van der Waals surface area contributed by atoms with Gasteiger partial charge in [-0.05, 0) is 70.1 Å². The number of nitrogens with zero attached hydrogens (tertiary/aromatic N) is 3. The second-order valence-electron chi connectivity index (χ2n) is 12.1. The van der Waals surface area contributed by atoms with Crippen molar-refractivity contribution in [1.82, 2.24) is 20.0 Å². The minimum atomic E-state index is -0.620. The Morgan fingerprint density at radius 3 is 2.22 bits per heavy atom. The van der Waals surface area contributed by atoms with Crippen LogP contribution in [0.3, 0.4) is 0 Å². The average Bonchev–Trinajstić information content (AvgIpc) is 3.40. The quantitative estimate of drug-likeness (QED) is 0.288. The Morgan fingerprint density at radius 2 is 1.48 bits per heavy atom. The van der Waals surface area contributed by atoms with Gasteiger partial charge in [-0.2, -0.15) is 0 Å². The molecule has 7 rings (SSSR count). The van der Waals surface area contributed by atoms with Gasteiger partial charge in [0, 0.05) is 61.8 Å². The highest BCUT2D eigenvalue weighted by Gasteiger charge is 2.39. The maximum absolute atomic E-state index is 13.5. The second kappa shape index (κ2) is 12.5. The molecule has 2 saturated heterocycles. The molecule has 232 valence electrons. The number of carbonyl (C=O) groups excluding carboxylic acids is 4. The summed E-state index contributed by atoms with van der Waals surface area (Å²) < 4.78 is 0. The number of halogens is 1. The number of piperazine rings is 1. The molecule has 0 bridgehead atoms. The van der Waals surface area contributed by atoms with Crippen LogP contribution in [-0.4, -0.2) is 70.5 Å². The van der Waals surface area contributed by atoms with Crippen molar-refractivity contribution < 1.29 is 19.2 Å². The van der Waals surface area contributed by atoms with Crippen LogP contribution in [0.4, 0.5) is 0 Å². The van der Waals surface area contributed by atoms with Crippen molar-refractivity contribution in [3.8, 4) is 22.3 Å². The Balaban J connectivity index is 0.962. The van der Waals surface area contributed by atoms with Gasteiger partial charge in [0.05, 0.1) is 0 Å². The van der Waals surface area contributed by atoms with Gasteiger partial charge < -0.3 is 9.80 Å². The molecule has 4 aromatic carbocycles. The Bertz CT molecular complexity index is 1830. The molecule has 4 amide bonds. The van der Waals surface area contributed by atoms with E-state index in [-0.39, 0.29) is 24.1 Å². The van der Waals surface area contributed by atoms with Gasteiger partial charge in [-0.3, -0.25) is 29.4 Å². The van der Waals surface area contributed by atoms with Crippen LogP contribution in [-0.2, 0) is 22.7 Å². The number of nitrogens with one attached hydrogen (secondary N) is 1. The first-order valence-corrected chi connectivity index (χ1v) is 16.0. The number of hydrogen-bond acceptors (Lipinski definition) is 5. The summed E-state index contributed by atoms with van der Waals surface area (Å²) in [5.74, 6) is -0.814. The molecule has 0 saturated carbocycles. The standard InChI is InChI=1S/C37H33ClN4O4/c38-29-12-9-26(10-13-29)30-3-1-2-4-32(30)36(45)41-19-17-40(18-20-41)22-24-5-7-25(8-6-24)27-11-14-31-28(21-27)23-42(37(31)46)33-15-16-34(43)39-35(33)44/h1-14,21,33H,15-20,22-23H2,(H,39,43,44). The fourth-order valence-electron chi connectivity index (χ4n) is 6.65. The van der Waals surface area contributed by atoms with E-state index >= 15 is 0 Å². The molecule has 0 aromatic heterocycles. The molecule has 8 nitrogen and oxygen atoms in total. The zero-order chi connectivity index (χ0) is 31.8. The highest BCUT2D eigenvalue weighted by molar-refractivity contribution is 6.30. The lowest BCUT2D eigenvalue weighted by molar-refractivity contribution is -0.136. The Labute approximate surface area is 272 Å². The molecule has 9 heteroatoms. The van der Waals surface area contributed by atoms with Crippen LogP contribution in [0.25, 0.3) is 22.3 Å². The van der Waals surface area contributed by atoms with Gasteiger partial charge in [0.25, 0.3) is 11.8 Å². The van der Waals surface area contributed by atoms with Crippen LogP contribution in [0.5, 0.6) is 0 Å². The van der Waals surface area contributed by atoms with Crippen molar-refractivity contribution in [3.63, 3.8) is 0 Å². The summed E-state index contributed by atoms with van der Waals surface area (Å²) in [7, 11) is 0. The predicted octanol–water partition coefficient (Wildman–Crippen LogP) is 5.39. The summed E-state index contributed by atoms with van der Waals surface area (Å²) >= 11 is 6.08. The van der Waals surface area contributed by atoms with E-state index in [2.05, 4.69) is 34.5 Å². The van der Waals surface area contributed by atoms with Crippen LogP contribution in [0, 0.1) is 0 Å². The van der Waals surface area contributed by atoms with Crippen LogP contribution < -0.4 is 5.32 Å². The van der Waals surface area contributed by atoms with Crippen LogP contribution in [0.2, 0.25) is 5.02 Å². The zero-order valence-electron chi connectivity index (χ0n) is 25.2. The minimum absolute atomic E-state index is 0.0471. The third kappa shape index (κ3) is 5.94. The predicted molar refractivity (Wildman–Crippen MR) is 176 cm³/mol. The van der Waals surface area contributed by atoms with E-state index in [9.17, 15) is 19.2 Å². The highest BCUT2D eigenvalue weighted by Crippen LogP contribution is 2.32. The van der Waals surface area contributed by atoms with Crippen molar-refractivity contribution in [1.29, 1.82) is 0 Å². The fourth-order valence-corrected chi connectivity index (χ4v) is 6.77. The van der Waals surface area contributed by atoms with Crippen molar-refractivity contribution in [2.75, 3.05) is 26.2 Å².